The normalized spacial score (nSPS) is 23.4. The lowest BCUT2D eigenvalue weighted by Gasteiger charge is -2.47. The number of nitrogens with one attached hydrogen (secondary N) is 2. The van der Waals surface area contributed by atoms with Crippen LogP contribution in [-0.2, 0) is 4.79 Å². The zero-order valence-corrected chi connectivity index (χ0v) is 22.1. The van der Waals surface area contributed by atoms with Crippen LogP contribution >= 0.6 is 0 Å². The van der Waals surface area contributed by atoms with Crippen LogP contribution in [0.15, 0.2) is 36.7 Å². The van der Waals surface area contributed by atoms with Gasteiger partial charge < -0.3 is 15.0 Å². The molecule has 5 rings (SSSR count). The minimum absolute atomic E-state index is 0.0433. The Morgan fingerprint density at radius 2 is 1.82 bits per heavy atom. The highest BCUT2D eigenvalue weighted by atomic mass is 19.4. The number of aromatic nitrogens is 2. The summed E-state index contributed by atoms with van der Waals surface area (Å²) in [6.45, 7) is 1.89. The number of carbonyl (C=O) groups excluding carboxylic acids is 2. The molecule has 1 saturated carbocycles. The molecule has 0 radical (unpaired) electrons. The number of hydrogen-bond acceptors (Lipinski definition) is 7. The van der Waals surface area contributed by atoms with E-state index in [1.807, 2.05) is 4.90 Å². The Morgan fingerprint density at radius 1 is 1.10 bits per heavy atom. The summed E-state index contributed by atoms with van der Waals surface area (Å²) in [5.74, 6) is -0.509. The molecule has 1 aromatic heterocycles. The van der Waals surface area contributed by atoms with Crippen LogP contribution in [0.1, 0.15) is 48.9 Å². The standard InChI is InChI=1S/C28H33F4N5O3/c29-21-12-22(33-13-21)26(39)36-25(38)20-4-2-19(3-5-20)23-14-35-24(15-34-23)40-16-18-6-10-37(11-7-18)17-27(8-1-9-27)28(30,31)32/h2-5,14-15,18,21-22,33H,1,6-13,16-17H2,(H,36,38,39)/t21-,22-/m0/s1. The molecular weight excluding hydrogens is 530 g/mol. The quantitative estimate of drug-likeness (QED) is 0.371. The van der Waals surface area contributed by atoms with Gasteiger partial charge in [0.15, 0.2) is 0 Å². The molecule has 3 fully saturated rings. The fourth-order valence-electron chi connectivity index (χ4n) is 5.57. The van der Waals surface area contributed by atoms with Gasteiger partial charge in [0.2, 0.25) is 11.8 Å². The van der Waals surface area contributed by atoms with Crippen LogP contribution in [0.4, 0.5) is 17.6 Å². The number of piperidine rings is 1. The van der Waals surface area contributed by atoms with Gasteiger partial charge in [0, 0.05) is 30.6 Å². The third-order valence-corrected chi connectivity index (χ3v) is 8.31. The van der Waals surface area contributed by atoms with Gasteiger partial charge in [0.1, 0.15) is 6.17 Å². The highest BCUT2D eigenvalue weighted by Crippen LogP contribution is 2.53. The number of ether oxygens (including phenoxy) is 1. The first-order valence-corrected chi connectivity index (χ1v) is 13.7. The molecule has 0 spiro atoms. The molecule has 2 saturated heterocycles. The van der Waals surface area contributed by atoms with E-state index in [-0.39, 0.29) is 43.8 Å². The summed E-state index contributed by atoms with van der Waals surface area (Å²) >= 11 is 0. The molecule has 0 unspecified atom stereocenters. The molecule has 8 nitrogen and oxygen atoms in total. The molecule has 0 bridgehead atoms. The summed E-state index contributed by atoms with van der Waals surface area (Å²) in [4.78, 5) is 35.1. The van der Waals surface area contributed by atoms with Crippen molar-refractivity contribution in [3.8, 4) is 17.1 Å². The van der Waals surface area contributed by atoms with Gasteiger partial charge in [0.25, 0.3) is 5.91 Å². The zero-order valence-electron chi connectivity index (χ0n) is 22.1. The fraction of sp³-hybridized carbons (Fsp3) is 0.571. The summed E-state index contributed by atoms with van der Waals surface area (Å²) in [7, 11) is 0. The number of alkyl halides is 4. The molecule has 216 valence electrons. The second kappa shape index (κ2) is 11.8. The second-order valence-corrected chi connectivity index (χ2v) is 11.1. The molecule has 3 heterocycles. The smallest absolute Gasteiger partial charge is 0.395 e. The van der Waals surface area contributed by atoms with Crippen molar-refractivity contribution >= 4 is 11.8 Å². The van der Waals surface area contributed by atoms with E-state index in [9.17, 15) is 27.2 Å². The maximum absolute atomic E-state index is 13.5. The first-order chi connectivity index (χ1) is 19.1. The van der Waals surface area contributed by atoms with Gasteiger partial charge in [-0.2, -0.15) is 13.2 Å². The number of likely N-dealkylation sites (tertiary alicyclic amines) is 1. The molecule has 1 aromatic carbocycles. The van der Waals surface area contributed by atoms with Crippen LogP contribution in [0.5, 0.6) is 5.88 Å². The lowest BCUT2D eigenvalue weighted by molar-refractivity contribution is -0.256. The predicted molar refractivity (Wildman–Crippen MR) is 138 cm³/mol. The number of halogens is 4. The SMILES string of the molecule is O=C(NC(=O)[C@@H]1C[C@H](F)CN1)c1ccc(-c2cnc(OCC3CCN(CC4(C(F)(F)F)CCC4)CC3)cn2)cc1. The van der Waals surface area contributed by atoms with Gasteiger partial charge in [-0.3, -0.25) is 14.9 Å². The average Bonchev–Trinajstić information content (AvgIpc) is 3.36. The van der Waals surface area contributed by atoms with Crippen molar-refractivity contribution in [2.75, 3.05) is 32.8 Å². The van der Waals surface area contributed by atoms with Crippen molar-refractivity contribution in [3.63, 3.8) is 0 Å². The number of imide groups is 1. The molecule has 2 aromatic rings. The molecule has 2 amide bonds. The van der Waals surface area contributed by atoms with Crippen molar-refractivity contribution in [1.29, 1.82) is 0 Å². The third-order valence-electron chi connectivity index (χ3n) is 8.31. The molecule has 40 heavy (non-hydrogen) atoms. The number of benzene rings is 1. The molecular formula is C28H33F4N5O3. The lowest BCUT2D eigenvalue weighted by Crippen LogP contribution is -2.53. The number of nitrogens with zero attached hydrogens (tertiary/aromatic N) is 3. The molecule has 1 aliphatic carbocycles. The van der Waals surface area contributed by atoms with E-state index in [1.54, 1.807) is 30.5 Å². The van der Waals surface area contributed by atoms with E-state index < -0.39 is 35.6 Å². The van der Waals surface area contributed by atoms with Crippen molar-refractivity contribution in [2.45, 2.75) is 56.9 Å². The van der Waals surface area contributed by atoms with Crippen LogP contribution in [0.2, 0.25) is 0 Å². The molecule has 3 aliphatic rings. The van der Waals surface area contributed by atoms with Crippen molar-refractivity contribution in [3.05, 3.63) is 42.2 Å². The van der Waals surface area contributed by atoms with E-state index in [0.29, 0.717) is 37.7 Å². The van der Waals surface area contributed by atoms with Gasteiger partial charge in [-0.05, 0) is 56.8 Å². The number of carbonyl (C=O) groups is 2. The highest BCUT2D eigenvalue weighted by molar-refractivity contribution is 6.06. The van der Waals surface area contributed by atoms with Gasteiger partial charge >= 0.3 is 6.18 Å². The number of hydrogen-bond donors (Lipinski definition) is 2. The van der Waals surface area contributed by atoms with Crippen LogP contribution < -0.4 is 15.4 Å². The summed E-state index contributed by atoms with van der Waals surface area (Å²) in [5.41, 5.74) is 0.0536. The van der Waals surface area contributed by atoms with Crippen LogP contribution in [0.25, 0.3) is 11.3 Å². The van der Waals surface area contributed by atoms with Gasteiger partial charge in [-0.15, -0.1) is 0 Å². The predicted octanol–water partition coefficient (Wildman–Crippen LogP) is 3.92. The third kappa shape index (κ3) is 6.43. The van der Waals surface area contributed by atoms with E-state index in [0.717, 1.165) is 18.4 Å². The monoisotopic (exact) mass is 563 g/mol. The minimum Gasteiger partial charge on any atom is -0.476 e. The minimum atomic E-state index is -4.14. The summed E-state index contributed by atoms with van der Waals surface area (Å²) in [6, 6.07) is 5.80. The van der Waals surface area contributed by atoms with Crippen molar-refractivity contribution in [1.82, 2.24) is 25.5 Å². The first-order valence-electron chi connectivity index (χ1n) is 13.7. The molecule has 12 heteroatoms. The topological polar surface area (TPSA) is 96.5 Å². The summed E-state index contributed by atoms with van der Waals surface area (Å²) in [5, 5.41) is 5.03. The Bertz CT molecular complexity index is 1180. The van der Waals surface area contributed by atoms with E-state index >= 15 is 0 Å². The number of amides is 2. The summed E-state index contributed by atoms with van der Waals surface area (Å²) in [6.07, 6.45) is 0.550. The van der Waals surface area contributed by atoms with Gasteiger partial charge in [-0.1, -0.05) is 18.6 Å². The maximum atomic E-state index is 13.5. The van der Waals surface area contributed by atoms with Gasteiger partial charge in [-0.25, -0.2) is 14.4 Å². The zero-order chi connectivity index (χ0) is 28.3. The van der Waals surface area contributed by atoms with E-state index in [4.69, 9.17) is 4.74 Å². The van der Waals surface area contributed by atoms with Gasteiger partial charge in [0.05, 0.1) is 36.2 Å². The van der Waals surface area contributed by atoms with Crippen LogP contribution in [-0.4, -0.2) is 77.9 Å². The lowest BCUT2D eigenvalue weighted by atomic mass is 9.67. The Hall–Kier alpha value is -3.12. The Kier molecular flexibility index (Phi) is 8.37. The highest BCUT2D eigenvalue weighted by Gasteiger charge is 2.58. The Labute approximate surface area is 229 Å². The average molecular weight is 564 g/mol. The van der Waals surface area contributed by atoms with Crippen molar-refractivity contribution < 1.29 is 31.9 Å². The maximum Gasteiger partial charge on any atom is 0.395 e. The summed E-state index contributed by atoms with van der Waals surface area (Å²) < 4.78 is 59.5. The fourth-order valence-corrected chi connectivity index (χ4v) is 5.57. The largest absolute Gasteiger partial charge is 0.476 e. The Balaban J connectivity index is 1.06. The Morgan fingerprint density at radius 3 is 2.38 bits per heavy atom. The van der Waals surface area contributed by atoms with Crippen molar-refractivity contribution in [2.24, 2.45) is 11.3 Å². The molecule has 2 atom stereocenters. The first kappa shape index (κ1) is 28.4. The second-order valence-electron chi connectivity index (χ2n) is 11.1. The van der Waals surface area contributed by atoms with Crippen LogP contribution in [0.3, 0.4) is 0 Å². The number of rotatable bonds is 8. The molecule has 2 aliphatic heterocycles. The van der Waals surface area contributed by atoms with E-state index in [2.05, 4.69) is 20.6 Å². The van der Waals surface area contributed by atoms with E-state index in [1.165, 1.54) is 6.20 Å². The van der Waals surface area contributed by atoms with Crippen LogP contribution in [0, 0.1) is 11.3 Å². The molecule has 2 N–H and O–H groups in total.